The number of aliphatic hydroxyl groups is 1. The molecule has 0 aliphatic carbocycles. The smallest absolute Gasteiger partial charge is 0.337 e. The Labute approximate surface area is 125 Å². The van der Waals surface area contributed by atoms with Gasteiger partial charge in [-0.3, -0.25) is 4.79 Å². The van der Waals surface area contributed by atoms with Crippen molar-refractivity contribution in [1.29, 1.82) is 0 Å². The van der Waals surface area contributed by atoms with Crippen LogP contribution >= 0.6 is 11.3 Å². The summed E-state index contributed by atoms with van der Waals surface area (Å²) >= 11 is 1.06. The molecule has 0 saturated heterocycles. The predicted octanol–water partition coefficient (Wildman–Crippen LogP) is -0.632. The van der Waals surface area contributed by atoms with Gasteiger partial charge in [-0.2, -0.15) is 0 Å². The molecule has 0 aliphatic rings. The first-order valence-corrected chi connectivity index (χ1v) is 8.27. The van der Waals surface area contributed by atoms with Gasteiger partial charge in [-0.1, -0.05) is 6.07 Å². The minimum Gasteiger partial charge on any atom is -0.479 e. The van der Waals surface area contributed by atoms with Gasteiger partial charge in [-0.05, 0) is 18.4 Å². The van der Waals surface area contributed by atoms with Gasteiger partial charge in [0, 0.05) is 13.0 Å². The molecule has 1 aromatic rings. The Morgan fingerprint density at radius 2 is 2.10 bits per heavy atom. The van der Waals surface area contributed by atoms with Gasteiger partial charge in [0.2, 0.25) is 15.9 Å². The van der Waals surface area contributed by atoms with Gasteiger partial charge in [0.25, 0.3) is 0 Å². The second kappa shape index (κ2) is 6.98. The zero-order valence-corrected chi connectivity index (χ0v) is 12.8. The number of hydrogen-bond donors (Lipinski definition) is 4. The number of carbonyl (C=O) groups excluding carboxylic acids is 1. The van der Waals surface area contributed by atoms with E-state index in [9.17, 15) is 23.1 Å². The van der Waals surface area contributed by atoms with E-state index in [1.807, 2.05) is 0 Å². The van der Waals surface area contributed by atoms with Gasteiger partial charge >= 0.3 is 5.97 Å². The van der Waals surface area contributed by atoms with Crippen LogP contribution in [0.2, 0.25) is 0 Å². The summed E-state index contributed by atoms with van der Waals surface area (Å²) in [5.74, 6) is -2.02. The van der Waals surface area contributed by atoms with E-state index in [2.05, 4.69) is 10.0 Å². The number of nitrogens with one attached hydrogen (secondary N) is 2. The van der Waals surface area contributed by atoms with Gasteiger partial charge in [-0.25, -0.2) is 17.9 Å². The molecule has 1 rings (SSSR count). The maximum atomic E-state index is 11.7. The Bertz CT molecular complexity index is 594. The molecule has 21 heavy (non-hydrogen) atoms. The van der Waals surface area contributed by atoms with E-state index in [4.69, 9.17) is 5.11 Å². The van der Waals surface area contributed by atoms with Gasteiger partial charge < -0.3 is 15.5 Å². The molecular weight excluding hydrogens is 320 g/mol. The number of thiophene rings is 1. The lowest BCUT2D eigenvalue weighted by Crippen LogP contribution is -2.46. The number of carboxylic acids is 1. The zero-order chi connectivity index (χ0) is 16.1. The molecule has 1 heterocycles. The Kier molecular flexibility index (Phi) is 5.84. The highest BCUT2D eigenvalue weighted by molar-refractivity contribution is 7.91. The van der Waals surface area contributed by atoms with Crippen LogP contribution in [0.15, 0.2) is 21.7 Å². The number of carbonyl (C=O) groups is 2. The number of rotatable bonds is 8. The lowest BCUT2D eigenvalue weighted by atomic mass is 10.1. The fraction of sp³-hybridized carbons (Fsp3) is 0.455. The van der Waals surface area contributed by atoms with E-state index < -0.39 is 34.0 Å². The fourth-order valence-electron chi connectivity index (χ4n) is 1.22. The molecule has 10 heteroatoms. The van der Waals surface area contributed by atoms with Crippen molar-refractivity contribution in [2.45, 2.75) is 23.2 Å². The lowest BCUT2D eigenvalue weighted by Gasteiger charge is -2.18. The normalized spacial score (nSPS) is 14.4. The number of amides is 1. The average Bonchev–Trinajstić information content (AvgIpc) is 2.90. The predicted molar refractivity (Wildman–Crippen MR) is 75.4 cm³/mol. The van der Waals surface area contributed by atoms with Crippen molar-refractivity contribution in [1.82, 2.24) is 10.0 Å². The van der Waals surface area contributed by atoms with Crippen LogP contribution in [0.4, 0.5) is 0 Å². The van der Waals surface area contributed by atoms with Crippen molar-refractivity contribution in [2.75, 3.05) is 13.1 Å². The monoisotopic (exact) mass is 336 g/mol. The molecule has 0 radical (unpaired) electrons. The van der Waals surface area contributed by atoms with E-state index in [-0.39, 0.29) is 17.2 Å². The van der Waals surface area contributed by atoms with Gasteiger partial charge in [0.05, 0.1) is 6.54 Å². The van der Waals surface area contributed by atoms with E-state index in [1.165, 1.54) is 6.07 Å². The molecule has 0 bridgehead atoms. The third-order valence-corrected chi connectivity index (χ3v) is 5.35. The number of carboxylic acid groups (broad SMARTS) is 1. The van der Waals surface area contributed by atoms with Crippen LogP contribution in [0, 0.1) is 0 Å². The summed E-state index contributed by atoms with van der Waals surface area (Å²) in [4.78, 5) is 22.1. The first-order valence-electron chi connectivity index (χ1n) is 5.91. The topological polar surface area (TPSA) is 133 Å². The molecule has 8 nitrogen and oxygen atoms in total. The Balaban J connectivity index is 2.36. The quantitative estimate of drug-likeness (QED) is 0.499. The molecule has 0 aromatic carbocycles. The average molecular weight is 336 g/mol. The van der Waals surface area contributed by atoms with E-state index in [0.717, 1.165) is 18.3 Å². The van der Waals surface area contributed by atoms with Gasteiger partial charge in [0.15, 0.2) is 5.60 Å². The minimum absolute atomic E-state index is 0.124. The summed E-state index contributed by atoms with van der Waals surface area (Å²) in [7, 11) is -3.62. The highest BCUT2D eigenvalue weighted by atomic mass is 32.2. The van der Waals surface area contributed by atoms with Gasteiger partial charge in [-0.15, -0.1) is 11.3 Å². The second-order valence-electron chi connectivity index (χ2n) is 4.44. The van der Waals surface area contributed by atoms with Crippen molar-refractivity contribution in [3.63, 3.8) is 0 Å². The second-order valence-corrected chi connectivity index (χ2v) is 7.38. The minimum atomic E-state index is -3.62. The SMILES string of the molecule is CC(O)(CNC(=O)CCNS(=O)(=O)c1cccs1)C(=O)O. The fourth-order valence-corrected chi connectivity index (χ4v) is 3.29. The summed E-state index contributed by atoms with van der Waals surface area (Å²) < 4.78 is 25.9. The summed E-state index contributed by atoms with van der Waals surface area (Å²) in [6.07, 6.45) is -0.166. The highest BCUT2D eigenvalue weighted by Crippen LogP contribution is 2.14. The number of hydrogen-bond acceptors (Lipinski definition) is 6. The van der Waals surface area contributed by atoms with Crippen molar-refractivity contribution in [3.05, 3.63) is 17.5 Å². The van der Waals surface area contributed by atoms with Crippen molar-refractivity contribution in [3.8, 4) is 0 Å². The van der Waals surface area contributed by atoms with E-state index >= 15 is 0 Å². The molecular formula is C11H16N2O6S2. The lowest BCUT2D eigenvalue weighted by molar-refractivity contribution is -0.156. The maximum absolute atomic E-state index is 11.7. The number of aliphatic carboxylic acids is 1. The molecule has 0 saturated carbocycles. The first-order chi connectivity index (χ1) is 9.65. The molecule has 0 spiro atoms. The summed E-state index contributed by atoms with van der Waals surface area (Å²) in [5.41, 5.74) is -2.06. The Morgan fingerprint density at radius 1 is 1.43 bits per heavy atom. The molecule has 1 atom stereocenters. The van der Waals surface area contributed by atoms with Gasteiger partial charge in [0.1, 0.15) is 4.21 Å². The van der Waals surface area contributed by atoms with E-state index in [1.54, 1.807) is 11.4 Å². The molecule has 118 valence electrons. The van der Waals surface area contributed by atoms with Crippen molar-refractivity contribution >= 4 is 33.2 Å². The van der Waals surface area contributed by atoms with Crippen molar-refractivity contribution < 1.29 is 28.2 Å². The molecule has 0 fully saturated rings. The largest absolute Gasteiger partial charge is 0.479 e. The van der Waals surface area contributed by atoms with Crippen LogP contribution in [0.5, 0.6) is 0 Å². The zero-order valence-electron chi connectivity index (χ0n) is 11.2. The molecule has 4 N–H and O–H groups in total. The highest BCUT2D eigenvalue weighted by Gasteiger charge is 2.30. The van der Waals surface area contributed by atoms with Crippen LogP contribution in [0.25, 0.3) is 0 Å². The molecule has 0 aliphatic heterocycles. The van der Waals surface area contributed by atoms with Crippen LogP contribution in [-0.2, 0) is 19.6 Å². The summed E-state index contributed by atoms with van der Waals surface area (Å²) in [6, 6.07) is 3.04. The third kappa shape index (κ3) is 5.42. The van der Waals surface area contributed by atoms with Crippen LogP contribution in [0.3, 0.4) is 0 Å². The van der Waals surface area contributed by atoms with Crippen LogP contribution < -0.4 is 10.0 Å². The van der Waals surface area contributed by atoms with Crippen molar-refractivity contribution in [2.24, 2.45) is 0 Å². The van der Waals surface area contributed by atoms with E-state index in [0.29, 0.717) is 0 Å². The van der Waals surface area contributed by atoms with Crippen LogP contribution in [0.1, 0.15) is 13.3 Å². The maximum Gasteiger partial charge on any atom is 0.337 e. The Hall–Kier alpha value is -1.49. The third-order valence-electron chi connectivity index (χ3n) is 2.49. The first kappa shape index (κ1) is 17.6. The van der Waals surface area contributed by atoms with Crippen LogP contribution in [-0.4, -0.2) is 49.2 Å². The summed E-state index contributed by atoms with van der Waals surface area (Å²) in [6.45, 7) is 0.467. The molecule has 1 aromatic heterocycles. The molecule has 1 amide bonds. The Morgan fingerprint density at radius 3 is 2.62 bits per heavy atom. The standard InChI is InChI=1S/C11H16N2O6S2/c1-11(17,10(15)16)7-12-8(14)4-5-13-21(18,19)9-3-2-6-20-9/h2-3,6,13,17H,4-5,7H2,1H3,(H,12,14)(H,15,16). The summed E-state index contributed by atoms with van der Waals surface area (Å²) in [5, 5.41) is 21.9. The molecule has 1 unspecified atom stereocenters. The number of sulfonamides is 1.